The van der Waals surface area contributed by atoms with Gasteiger partial charge in [-0.3, -0.25) is 0 Å². The molecule has 90 valence electrons. The molecule has 0 fully saturated rings. The molecular weight excluding hydrogens is 202 g/mol. The lowest BCUT2D eigenvalue weighted by Gasteiger charge is -2.28. The SMILES string of the molecule is CCC(C)N(CC)c1cc(NC)nc(N)n1. The maximum absolute atomic E-state index is 5.68. The molecule has 0 aromatic carbocycles. The molecule has 0 saturated heterocycles. The van der Waals surface area contributed by atoms with E-state index in [4.69, 9.17) is 5.73 Å². The fourth-order valence-corrected chi connectivity index (χ4v) is 1.65. The summed E-state index contributed by atoms with van der Waals surface area (Å²) in [6, 6.07) is 2.37. The molecule has 3 N–H and O–H groups in total. The van der Waals surface area contributed by atoms with Crippen molar-refractivity contribution in [1.29, 1.82) is 0 Å². The standard InChI is InChI=1S/C11H21N5/c1-5-8(3)16(6-2)10-7-9(13-4)14-11(12)15-10/h7-8H,5-6H2,1-4H3,(H3,12,13,14,15). The van der Waals surface area contributed by atoms with Crippen LogP contribution in [0.5, 0.6) is 0 Å². The molecule has 1 aromatic heterocycles. The van der Waals surface area contributed by atoms with Gasteiger partial charge in [-0.15, -0.1) is 0 Å². The molecule has 0 spiro atoms. The minimum atomic E-state index is 0.309. The number of rotatable bonds is 5. The summed E-state index contributed by atoms with van der Waals surface area (Å²) in [6.45, 7) is 7.37. The highest BCUT2D eigenvalue weighted by atomic mass is 15.2. The Morgan fingerprint density at radius 1 is 1.44 bits per heavy atom. The number of nitrogens with one attached hydrogen (secondary N) is 1. The van der Waals surface area contributed by atoms with Gasteiger partial charge in [0.25, 0.3) is 0 Å². The lowest BCUT2D eigenvalue weighted by Crippen LogP contribution is -2.33. The number of hydrogen-bond donors (Lipinski definition) is 2. The molecule has 1 atom stereocenters. The Morgan fingerprint density at radius 3 is 2.62 bits per heavy atom. The van der Waals surface area contributed by atoms with Gasteiger partial charge in [0.15, 0.2) is 0 Å². The van der Waals surface area contributed by atoms with Gasteiger partial charge in [-0.05, 0) is 20.3 Å². The molecule has 1 rings (SSSR count). The van der Waals surface area contributed by atoms with Crippen LogP contribution in [-0.2, 0) is 0 Å². The summed E-state index contributed by atoms with van der Waals surface area (Å²) >= 11 is 0. The quantitative estimate of drug-likeness (QED) is 0.795. The molecule has 5 heteroatoms. The van der Waals surface area contributed by atoms with Crippen LogP contribution in [0.1, 0.15) is 27.2 Å². The Labute approximate surface area is 97.1 Å². The number of hydrogen-bond acceptors (Lipinski definition) is 5. The Kier molecular flexibility index (Phi) is 4.34. The van der Waals surface area contributed by atoms with Gasteiger partial charge in [0.1, 0.15) is 11.6 Å². The van der Waals surface area contributed by atoms with Gasteiger partial charge >= 0.3 is 0 Å². The summed E-state index contributed by atoms with van der Waals surface area (Å²) in [5, 5.41) is 2.99. The normalized spacial score (nSPS) is 12.2. The zero-order valence-electron chi connectivity index (χ0n) is 10.5. The number of nitrogen functional groups attached to an aromatic ring is 1. The van der Waals surface area contributed by atoms with Gasteiger partial charge in [-0.25, -0.2) is 0 Å². The molecule has 0 aliphatic heterocycles. The average Bonchev–Trinajstić information content (AvgIpc) is 2.29. The van der Waals surface area contributed by atoms with E-state index in [-0.39, 0.29) is 0 Å². The van der Waals surface area contributed by atoms with Gasteiger partial charge in [-0.1, -0.05) is 6.92 Å². The lowest BCUT2D eigenvalue weighted by molar-refractivity contribution is 0.623. The van der Waals surface area contributed by atoms with E-state index in [0.717, 1.165) is 24.6 Å². The van der Waals surface area contributed by atoms with E-state index in [0.29, 0.717) is 12.0 Å². The van der Waals surface area contributed by atoms with Crippen LogP contribution in [0.2, 0.25) is 0 Å². The van der Waals surface area contributed by atoms with Crippen molar-refractivity contribution in [2.45, 2.75) is 33.2 Å². The van der Waals surface area contributed by atoms with E-state index >= 15 is 0 Å². The van der Waals surface area contributed by atoms with Gasteiger partial charge in [-0.2, -0.15) is 9.97 Å². The van der Waals surface area contributed by atoms with Crippen molar-refractivity contribution >= 4 is 17.6 Å². The third kappa shape index (κ3) is 2.74. The van der Waals surface area contributed by atoms with Gasteiger partial charge in [0.05, 0.1) is 0 Å². The molecule has 1 unspecified atom stereocenters. The zero-order chi connectivity index (χ0) is 12.1. The van der Waals surface area contributed by atoms with Crippen LogP contribution in [-0.4, -0.2) is 29.6 Å². The van der Waals surface area contributed by atoms with Crippen LogP contribution in [0.15, 0.2) is 6.07 Å². The first-order valence-electron chi connectivity index (χ1n) is 5.71. The van der Waals surface area contributed by atoms with E-state index in [9.17, 15) is 0 Å². The van der Waals surface area contributed by atoms with Gasteiger partial charge < -0.3 is 16.0 Å². The highest BCUT2D eigenvalue weighted by Gasteiger charge is 2.13. The summed E-state index contributed by atoms with van der Waals surface area (Å²) in [5.74, 6) is 1.95. The molecule has 1 aromatic rings. The van der Waals surface area contributed by atoms with Crippen molar-refractivity contribution in [3.63, 3.8) is 0 Å². The highest BCUT2D eigenvalue weighted by Crippen LogP contribution is 2.19. The van der Waals surface area contributed by atoms with Crippen molar-refractivity contribution in [3.8, 4) is 0 Å². The maximum atomic E-state index is 5.68. The Hall–Kier alpha value is -1.52. The van der Waals surface area contributed by atoms with Crippen LogP contribution < -0.4 is 16.0 Å². The first kappa shape index (κ1) is 12.5. The predicted molar refractivity (Wildman–Crippen MR) is 68.8 cm³/mol. The molecule has 0 radical (unpaired) electrons. The fraction of sp³-hybridized carbons (Fsp3) is 0.636. The maximum Gasteiger partial charge on any atom is 0.223 e. The minimum Gasteiger partial charge on any atom is -0.373 e. The van der Waals surface area contributed by atoms with Crippen LogP contribution >= 0.6 is 0 Å². The second-order valence-corrected chi connectivity index (χ2v) is 3.76. The zero-order valence-corrected chi connectivity index (χ0v) is 10.5. The summed E-state index contributed by atoms with van der Waals surface area (Å²) in [7, 11) is 1.82. The number of aromatic nitrogens is 2. The summed E-state index contributed by atoms with van der Waals surface area (Å²) in [4.78, 5) is 10.6. The van der Waals surface area contributed by atoms with Crippen molar-refractivity contribution < 1.29 is 0 Å². The second kappa shape index (κ2) is 5.53. The largest absolute Gasteiger partial charge is 0.373 e. The monoisotopic (exact) mass is 223 g/mol. The molecule has 0 aliphatic carbocycles. The van der Waals surface area contributed by atoms with E-state index in [2.05, 4.69) is 41.0 Å². The van der Waals surface area contributed by atoms with E-state index in [1.165, 1.54) is 0 Å². The van der Waals surface area contributed by atoms with Gasteiger partial charge in [0.2, 0.25) is 5.95 Å². The molecule has 1 heterocycles. The number of nitrogens with zero attached hydrogens (tertiary/aromatic N) is 3. The van der Waals surface area contributed by atoms with Crippen LogP contribution in [0.3, 0.4) is 0 Å². The van der Waals surface area contributed by atoms with Crippen LogP contribution in [0.25, 0.3) is 0 Å². The van der Waals surface area contributed by atoms with E-state index in [1.807, 2.05) is 13.1 Å². The molecule has 0 bridgehead atoms. The predicted octanol–water partition coefficient (Wildman–Crippen LogP) is 1.73. The van der Waals surface area contributed by atoms with Crippen LogP contribution in [0.4, 0.5) is 17.6 Å². The Balaban J connectivity index is 3.04. The molecule has 5 nitrogen and oxygen atoms in total. The van der Waals surface area contributed by atoms with Crippen molar-refractivity contribution in [2.75, 3.05) is 29.5 Å². The van der Waals surface area contributed by atoms with Crippen molar-refractivity contribution in [1.82, 2.24) is 9.97 Å². The second-order valence-electron chi connectivity index (χ2n) is 3.76. The lowest BCUT2D eigenvalue weighted by atomic mass is 10.2. The highest BCUT2D eigenvalue weighted by molar-refractivity contribution is 5.52. The van der Waals surface area contributed by atoms with Crippen molar-refractivity contribution in [2.24, 2.45) is 0 Å². The molecule has 0 amide bonds. The fourth-order valence-electron chi connectivity index (χ4n) is 1.65. The molecular formula is C11H21N5. The minimum absolute atomic E-state index is 0.309. The molecule has 16 heavy (non-hydrogen) atoms. The number of nitrogens with two attached hydrogens (primary N) is 1. The molecule has 0 aliphatic rings. The van der Waals surface area contributed by atoms with Crippen molar-refractivity contribution in [3.05, 3.63) is 6.07 Å². The molecule has 0 saturated carbocycles. The Bertz CT molecular complexity index is 339. The topological polar surface area (TPSA) is 67.1 Å². The number of anilines is 3. The summed E-state index contributed by atoms with van der Waals surface area (Å²) < 4.78 is 0. The van der Waals surface area contributed by atoms with E-state index in [1.54, 1.807) is 0 Å². The van der Waals surface area contributed by atoms with Gasteiger partial charge in [0, 0.05) is 25.7 Å². The Morgan fingerprint density at radius 2 is 2.12 bits per heavy atom. The third-order valence-electron chi connectivity index (χ3n) is 2.74. The summed E-state index contributed by atoms with van der Waals surface area (Å²) in [6.07, 6.45) is 1.08. The average molecular weight is 223 g/mol. The van der Waals surface area contributed by atoms with Crippen LogP contribution in [0, 0.1) is 0 Å². The smallest absolute Gasteiger partial charge is 0.223 e. The van der Waals surface area contributed by atoms with E-state index < -0.39 is 0 Å². The first-order valence-corrected chi connectivity index (χ1v) is 5.71. The third-order valence-corrected chi connectivity index (χ3v) is 2.74. The first-order chi connectivity index (χ1) is 7.62. The summed E-state index contributed by atoms with van der Waals surface area (Å²) in [5.41, 5.74) is 5.68.